The molecule has 0 radical (unpaired) electrons. The average molecular weight is 655 g/mol. The van der Waals surface area contributed by atoms with Gasteiger partial charge in [0.2, 0.25) is 5.91 Å². The zero-order valence-corrected chi connectivity index (χ0v) is 26.7. The summed E-state index contributed by atoms with van der Waals surface area (Å²) < 4.78 is 44.2. The lowest BCUT2D eigenvalue weighted by atomic mass is 10.0. The Labute approximate surface area is 275 Å². The summed E-state index contributed by atoms with van der Waals surface area (Å²) >= 11 is 0. The molecule has 0 N–H and O–H groups in total. The van der Waals surface area contributed by atoms with E-state index in [1.807, 2.05) is 36.4 Å². The highest BCUT2D eigenvalue weighted by Gasteiger charge is 2.37. The molecule has 0 atom stereocenters. The molecule has 1 fully saturated rings. The van der Waals surface area contributed by atoms with Crippen molar-refractivity contribution in [3.63, 3.8) is 0 Å². The maximum atomic E-state index is 14.7. The van der Waals surface area contributed by atoms with Crippen molar-refractivity contribution >= 4 is 57.1 Å². The smallest absolute Gasteiger partial charge is 0.367 e. The van der Waals surface area contributed by atoms with Gasteiger partial charge in [0.25, 0.3) is 0 Å². The van der Waals surface area contributed by atoms with Gasteiger partial charge < -0.3 is 14.7 Å². The fourth-order valence-corrected chi connectivity index (χ4v) is 6.06. The number of halogens is 3. The van der Waals surface area contributed by atoms with Crippen molar-refractivity contribution in [1.82, 2.24) is 19.8 Å². The second-order valence-electron chi connectivity index (χ2n) is 11.8. The van der Waals surface area contributed by atoms with Crippen LogP contribution in [0.4, 0.5) is 35.0 Å². The molecule has 0 saturated carbocycles. The van der Waals surface area contributed by atoms with Gasteiger partial charge in [-0.3, -0.25) is 24.5 Å². The van der Waals surface area contributed by atoms with Crippen LogP contribution in [0.5, 0.6) is 0 Å². The number of anilines is 3. The molecule has 3 heterocycles. The van der Waals surface area contributed by atoms with Gasteiger partial charge in [0.15, 0.2) is 6.29 Å². The Kier molecular flexibility index (Phi) is 8.74. The van der Waals surface area contributed by atoms with Crippen LogP contribution in [0.2, 0.25) is 0 Å². The highest BCUT2D eigenvalue weighted by molar-refractivity contribution is 6.12. The van der Waals surface area contributed by atoms with Crippen LogP contribution in [0.25, 0.3) is 32.9 Å². The Balaban J connectivity index is 1.50. The number of rotatable bonds is 6. The molecule has 12 heteroatoms. The molecule has 1 aliphatic rings. The number of pyridine rings is 2. The van der Waals surface area contributed by atoms with Crippen LogP contribution in [-0.2, 0) is 11.0 Å². The highest BCUT2D eigenvalue weighted by Crippen LogP contribution is 2.43. The van der Waals surface area contributed by atoms with E-state index in [0.717, 1.165) is 33.0 Å². The third-order valence-electron chi connectivity index (χ3n) is 8.54. The molecule has 3 amide bonds. The summed E-state index contributed by atoms with van der Waals surface area (Å²) in [7, 11) is 2.98. The molecule has 246 valence electrons. The maximum Gasteiger partial charge on any atom is 0.418 e. The van der Waals surface area contributed by atoms with Gasteiger partial charge in [-0.1, -0.05) is 31.2 Å². The molecule has 0 unspecified atom stereocenters. The molecule has 0 spiro atoms. The van der Waals surface area contributed by atoms with E-state index in [0.29, 0.717) is 36.7 Å². The van der Waals surface area contributed by atoms with Gasteiger partial charge in [0.05, 0.1) is 33.5 Å². The van der Waals surface area contributed by atoms with E-state index in [9.17, 15) is 27.6 Å². The molecular formula is C36H33F3N6O3. The summed E-state index contributed by atoms with van der Waals surface area (Å²) in [5.74, 6) is -0.0468. The Hall–Kier alpha value is -5.52. The first-order valence-corrected chi connectivity index (χ1v) is 15.5. The van der Waals surface area contributed by atoms with Crippen LogP contribution in [0.3, 0.4) is 0 Å². The van der Waals surface area contributed by atoms with Crippen LogP contribution < -0.4 is 9.80 Å². The van der Waals surface area contributed by atoms with Crippen molar-refractivity contribution in [3.8, 4) is 11.1 Å². The quantitative estimate of drug-likeness (QED) is 0.181. The third-order valence-corrected chi connectivity index (χ3v) is 8.54. The van der Waals surface area contributed by atoms with E-state index in [-0.39, 0.29) is 41.6 Å². The molecule has 6 rings (SSSR count). The van der Waals surface area contributed by atoms with Gasteiger partial charge >= 0.3 is 12.2 Å². The standard InChI is InChI=1S/C36H33F3N6O3/c1-4-33(47)44-15-13-43(14-16-44)32-12-10-27(19-29(32)36(37,38)39)45(35(48)42(2)3)34-26(22-46)21-41-31-11-9-23(18-28(31)34)25-17-24-7-5-6-8-30(24)40-20-25/h5-12,17-22H,4,13-16H2,1-3H3. The number of aldehydes is 1. The van der Waals surface area contributed by atoms with Gasteiger partial charge in [-0.25, -0.2) is 4.79 Å². The summed E-state index contributed by atoms with van der Waals surface area (Å²) in [5.41, 5.74) is 1.83. The number of fused-ring (bicyclic) bond motifs is 2. The van der Waals surface area contributed by atoms with Crippen molar-refractivity contribution in [2.24, 2.45) is 0 Å². The normalized spacial score (nSPS) is 13.5. The first-order valence-electron chi connectivity index (χ1n) is 15.5. The lowest BCUT2D eigenvalue weighted by Crippen LogP contribution is -2.49. The number of carbonyl (C=O) groups is 3. The summed E-state index contributed by atoms with van der Waals surface area (Å²) in [6, 6.07) is 18.0. The van der Waals surface area contributed by atoms with E-state index in [1.54, 1.807) is 35.1 Å². The minimum Gasteiger partial charge on any atom is -0.367 e. The Bertz CT molecular complexity index is 2040. The first kappa shape index (κ1) is 32.4. The van der Waals surface area contributed by atoms with Crippen LogP contribution in [0, 0.1) is 0 Å². The molecule has 2 aromatic heterocycles. The van der Waals surface area contributed by atoms with Crippen LogP contribution in [0.15, 0.2) is 79.1 Å². The minimum atomic E-state index is -4.77. The van der Waals surface area contributed by atoms with Crippen molar-refractivity contribution in [2.75, 3.05) is 50.1 Å². The number of nitrogens with zero attached hydrogens (tertiary/aromatic N) is 6. The molecule has 0 bridgehead atoms. The fraction of sp³-hybridized carbons (Fsp3) is 0.250. The van der Waals surface area contributed by atoms with E-state index >= 15 is 0 Å². The van der Waals surface area contributed by atoms with Gasteiger partial charge in [0, 0.05) is 81.1 Å². The number of amides is 3. The molecule has 0 aliphatic carbocycles. The van der Waals surface area contributed by atoms with Crippen molar-refractivity contribution in [1.29, 1.82) is 0 Å². The van der Waals surface area contributed by atoms with Gasteiger partial charge in [-0.05, 0) is 48.0 Å². The van der Waals surface area contributed by atoms with Gasteiger partial charge in [0.1, 0.15) is 0 Å². The Morgan fingerprint density at radius 1 is 0.875 bits per heavy atom. The molecule has 1 saturated heterocycles. The predicted molar refractivity (Wildman–Crippen MR) is 180 cm³/mol. The van der Waals surface area contributed by atoms with Gasteiger partial charge in [-0.2, -0.15) is 13.2 Å². The zero-order chi connectivity index (χ0) is 34.2. The number of alkyl halides is 3. The second-order valence-corrected chi connectivity index (χ2v) is 11.8. The number of hydrogen-bond acceptors (Lipinski definition) is 6. The third kappa shape index (κ3) is 6.13. The molecular weight excluding hydrogens is 621 g/mol. The van der Waals surface area contributed by atoms with Crippen LogP contribution in [-0.4, -0.2) is 78.3 Å². The number of piperazine rings is 1. The summed E-state index contributed by atoms with van der Waals surface area (Å²) in [5, 5.41) is 1.31. The van der Waals surface area contributed by atoms with Crippen LogP contribution >= 0.6 is 0 Å². The van der Waals surface area contributed by atoms with Crippen molar-refractivity contribution < 1.29 is 27.6 Å². The molecule has 1 aliphatic heterocycles. The molecule has 9 nitrogen and oxygen atoms in total. The maximum absolute atomic E-state index is 14.7. The highest BCUT2D eigenvalue weighted by atomic mass is 19.4. The largest absolute Gasteiger partial charge is 0.418 e. The Morgan fingerprint density at radius 3 is 2.29 bits per heavy atom. The molecule has 48 heavy (non-hydrogen) atoms. The monoisotopic (exact) mass is 654 g/mol. The van der Waals surface area contributed by atoms with Crippen LogP contribution in [0.1, 0.15) is 29.3 Å². The second kappa shape index (κ2) is 12.9. The average Bonchev–Trinajstić information content (AvgIpc) is 3.10. The number of hydrogen-bond donors (Lipinski definition) is 0. The van der Waals surface area contributed by atoms with E-state index in [4.69, 9.17) is 0 Å². The summed E-state index contributed by atoms with van der Waals surface area (Å²) in [6.45, 7) is 2.81. The lowest BCUT2D eigenvalue weighted by molar-refractivity contribution is -0.137. The SMILES string of the molecule is CCC(=O)N1CCN(c2ccc(N(C(=O)N(C)C)c3c(C=O)cnc4ccc(-c5cnc6ccccc6c5)cc34)cc2C(F)(F)F)CC1. The fourth-order valence-electron chi connectivity index (χ4n) is 6.06. The number of carbonyl (C=O) groups excluding carboxylic acids is 3. The van der Waals surface area contributed by atoms with Gasteiger partial charge in [-0.15, -0.1) is 0 Å². The molecule has 5 aromatic rings. The lowest BCUT2D eigenvalue weighted by Gasteiger charge is -2.37. The summed E-state index contributed by atoms with van der Waals surface area (Å²) in [6.07, 6.45) is -0.870. The number of para-hydroxylation sites is 1. The summed E-state index contributed by atoms with van der Waals surface area (Å²) in [4.78, 5) is 53.1. The van der Waals surface area contributed by atoms with E-state index in [2.05, 4.69) is 9.97 Å². The topological polar surface area (TPSA) is 90.0 Å². The number of aromatic nitrogens is 2. The predicted octanol–water partition coefficient (Wildman–Crippen LogP) is 7.16. The molecule has 3 aromatic carbocycles. The minimum absolute atomic E-state index is 0.0286. The van der Waals surface area contributed by atoms with Crippen molar-refractivity contribution in [3.05, 3.63) is 90.3 Å². The zero-order valence-electron chi connectivity index (χ0n) is 26.7. The first-order chi connectivity index (χ1) is 23.0. The van der Waals surface area contributed by atoms with E-state index in [1.165, 1.54) is 37.3 Å². The van der Waals surface area contributed by atoms with Crippen molar-refractivity contribution in [2.45, 2.75) is 19.5 Å². The Morgan fingerprint density at radius 2 is 1.60 bits per heavy atom. The number of urea groups is 1. The van der Waals surface area contributed by atoms with E-state index < -0.39 is 17.8 Å². The number of benzene rings is 3.